The first kappa shape index (κ1) is 20.7. The summed E-state index contributed by atoms with van der Waals surface area (Å²) in [6, 6.07) is 13.1. The Kier molecular flexibility index (Phi) is 6.00. The van der Waals surface area contributed by atoms with Crippen LogP contribution in [0, 0.1) is 6.92 Å². The maximum atomic E-state index is 13.1. The van der Waals surface area contributed by atoms with Gasteiger partial charge in [0.25, 0.3) is 15.9 Å². The van der Waals surface area contributed by atoms with Gasteiger partial charge in [0.05, 0.1) is 5.69 Å². The van der Waals surface area contributed by atoms with Gasteiger partial charge in [-0.3, -0.25) is 9.10 Å². The number of sulfonamides is 1. The normalized spacial score (nSPS) is 11.3. The van der Waals surface area contributed by atoms with Crippen molar-refractivity contribution in [3.63, 3.8) is 0 Å². The van der Waals surface area contributed by atoms with Crippen molar-refractivity contribution in [2.75, 3.05) is 16.7 Å². The van der Waals surface area contributed by atoms with Crippen molar-refractivity contribution in [2.45, 2.75) is 11.8 Å². The minimum Gasteiger partial charge on any atom is -0.321 e. The van der Waals surface area contributed by atoms with Crippen molar-refractivity contribution in [1.29, 1.82) is 0 Å². The number of carbonyl (C=O) groups excluding carboxylic acids is 1. The Morgan fingerprint density at radius 2 is 1.64 bits per heavy atom. The Morgan fingerprint density at radius 3 is 2.25 bits per heavy atom. The Hall–Kier alpha value is -2.06. The van der Waals surface area contributed by atoms with Crippen molar-refractivity contribution in [3.8, 4) is 0 Å². The zero-order valence-electron chi connectivity index (χ0n) is 14.9. The van der Waals surface area contributed by atoms with Crippen molar-refractivity contribution < 1.29 is 13.2 Å². The highest BCUT2D eigenvalue weighted by Gasteiger charge is 2.28. The standard InChI is InChI=1S/C19H16Cl2N2O3S2/c1-12-3-5-16(6-4-12)23(2)28(25,26)17-7-8-27-18(17)19(24)22-15-10-13(20)9-14(21)11-15/h3-11H,1-2H3,(H,22,24). The topological polar surface area (TPSA) is 66.5 Å². The molecule has 1 N–H and O–H groups in total. The molecule has 9 heteroatoms. The molecule has 3 aromatic rings. The zero-order valence-corrected chi connectivity index (χ0v) is 18.1. The van der Waals surface area contributed by atoms with Crippen LogP contribution in [0.2, 0.25) is 10.0 Å². The smallest absolute Gasteiger partial charge is 0.267 e. The number of benzene rings is 2. The van der Waals surface area contributed by atoms with Crippen molar-refractivity contribution in [3.05, 3.63) is 74.4 Å². The van der Waals surface area contributed by atoms with Crippen molar-refractivity contribution in [2.24, 2.45) is 0 Å². The number of halogens is 2. The molecule has 0 aliphatic heterocycles. The molecule has 3 rings (SSSR count). The molecule has 5 nitrogen and oxygen atoms in total. The molecule has 0 radical (unpaired) electrons. The van der Waals surface area contributed by atoms with Crippen molar-refractivity contribution >= 4 is 61.8 Å². The quantitative estimate of drug-likeness (QED) is 0.557. The van der Waals surface area contributed by atoms with E-state index in [1.807, 2.05) is 19.1 Å². The molecule has 0 saturated heterocycles. The number of thiophene rings is 1. The van der Waals surface area contributed by atoms with Crippen LogP contribution in [-0.4, -0.2) is 21.4 Å². The SMILES string of the molecule is Cc1ccc(N(C)S(=O)(=O)c2ccsc2C(=O)Nc2cc(Cl)cc(Cl)c2)cc1. The first-order valence-corrected chi connectivity index (χ1v) is 11.2. The van der Waals surface area contributed by atoms with E-state index in [2.05, 4.69) is 5.32 Å². The predicted octanol–water partition coefficient (Wildman–Crippen LogP) is 5.44. The third-order valence-corrected chi connectivity index (χ3v) is 7.30. The second-order valence-corrected chi connectivity index (χ2v) is 9.76. The fourth-order valence-electron chi connectivity index (χ4n) is 2.52. The van der Waals surface area contributed by atoms with E-state index in [0.717, 1.165) is 21.2 Å². The maximum Gasteiger partial charge on any atom is 0.267 e. The molecule has 28 heavy (non-hydrogen) atoms. The van der Waals surface area contributed by atoms with Crippen LogP contribution in [0.25, 0.3) is 0 Å². The van der Waals surface area contributed by atoms with Gasteiger partial charge < -0.3 is 5.32 Å². The van der Waals surface area contributed by atoms with E-state index >= 15 is 0 Å². The van der Waals surface area contributed by atoms with Gasteiger partial charge in [0.2, 0.25) is 0 Å². The molecule has 0 spiro atoms. The summed E-state index contributed by atoms with van der Waals surface area (Å²) in [4.78, 5) is 12.7. The first-order valence-electron chi connectivity index (χ1n) is 8.09. The highest BCUT2D eigenvalue weighted by Crippen LogP contribution is 2.29. The second kappa shape index (κ2) is 8.13. The molecule has 0 aliphatic carbocycles. The number of hydrogen-bond acceptors (Lipinski definition) is 4. The largest absolute Gasteiger partial charge is 0.321 e. The summed E-state index contributed by atoms with van der Waals surface area (Å²) in [6.45, 7) is 1.92. The van der Waals surface area contributed by atoms with Gasteiger partial charge in [-0.25, -0.2) is 8.42 Å². The molecular formula is C19H16Cl2N2O3S2. The number of carbonyl (C=O) groups is 1. The Bertz CT molecular complexity index is 1110. The third kappa shape index (κ3) is 4.33. The number of hydrogen-bond donors (Lipinski definition) is 1. The lowest BCUT2D eigenvalue weighted by atomic mass is 10.2. The molecule has 146 valence electrons. The minimum absolute atomic E-state index is 0.0637. The van der Waals surface area contributed by atoms with Crippen LogP contribution >= 0.6 is 34.5 Å². The number of amides is 1. The molecular weight excluding hydrogens is 439 g/mol. The molecule has 0 aliphatic rings. The average Bonchev–Trinajstić information content (AvgIpc) is 3.11. The summed E-state index contributed by atoms with van der Waals surface area (Å²) >= 11 is 12.9. The molecule has 0 saturated carbocycles. The Balaban J connectivity index is 1.91. The van der Waals surface area contributed by atoms with E-state index in [-0.39, 0.29) is 9.77 Å². The van der Waals surface area contributed by atoms with Crippen LogP contribution in [0.4, 0.5) is 11.4 Å². The van der Waals surface area contributed by atoms with Gasteiger partial charge >= 0.3 is 0 Å². The highest BCUT2D eigenvalue weighted by atomic mass is 35.5. The molecule has 1 heterocycles. The molecule has 0 fully saturated rings. The predicted molar refractivity (Wildman–Crippen MR) is 116 cm³/mol. The lowest BCUT2D eigenvalue weighted by molar-refractivity contribution is 0.102. The maximum absolute atomic E-state index is 13.1. The summed E-state index contributed by atoms with van der Waals surface area (Å²) in [5.41, 5.74) is 1.90. The van der Waals surface area contributed by atoms with Crippen molar-refractivity contribution in [1.82, 2.24) is 0 Å². The van der Waals surface area contributed by atoms with Crippen LogP contribution < -0.4 is 9.62 Å². The number of rotatable bonds is 5. The Morgan fingerprint density at radius 1 is 1.04 bits per heavy atom. The zero-order chi connectivity index (χ0) is 20.5. The van der Waals surface area contributed by atoms with Crippen LogP contribution in [0.3, 0.4) is 0 Å². The molecule has 0 unspecified atom stereocenters. The summed E-state index contributed by atoms with van der Waals surface area (Å²) < 4.78 is 27.3. The van der Waals surface area contributed by atoms with Gasteiger partial charge in [-0.05, 0) is 48.7 Å². The number of aryl methyl sites for hydroxylation is 1. The monoisotopic (exact) mass is 454 g/mol. The fraction of sp³-hybridized carbons (Fsp3) is 0.105. The van der Waals surface area contributed by atoms with E-state index in [1.54, 1.807) is 17.5 Å². The van der Waals surface area contributed by atoms with E-state index in [4.69, 9.17) is 23.2 Å². The first-order chi connectivity index (χ1) is 13.2. The Labute approximate surface area is 177 Å². The fourth-order valence-corrected chi connectivity index (χ4v) is 5.54. The van der Waals surface area contributed by atoms with Crippen LogP contribution in [0.1, 0.15) is 15.2 Å². The van der Waals surface area contributed by atoms with Gasteiger partial charge in [-0.1, -0.05) is 40.9 Å². The minimum atomic E-state index is -3.92. The van der Waals surface area contributed by atoms with E-state index < -0.39 is 15.9 Å². The van der Waals surface area contributed by atoms with Crippen LogP contribution in [0.5, 0.6) is 0 Å². The lowest BCUT2D eigenvalue weighted by Gasteiger charge is -2.19. The van der Waals surface area contributed by atoms with Crippen LogP contribution in [0.15, 0.2) is 58.8 Å². The summed E-state index contributed by atoms with van der Waals surface area (Å²) in [7, 11) is -2.46. The van der Waals surface area contributed by atoms with Gasteiger partial charge in [-0.15, -0.1) is 11.3 Å². The number of nitrogens with one attached hydrogen (secondary N) is 1. The van der Waals surface area contributed by atoms with E-state index in [1.165, 1.54) is 31.3 Å². The summed E-state index contributed by atoms with van der Waals surface area (Å²) in [6.07, 6.45) is 0. The van der Waals surface area contributed by atoms with E-state index in [0.29, 0.717) is 21.4 Å². The molecule has 2 aromatic carbocycles. The molecule has 1 amide bonds. The second-order valence-electron chi connectivity index (χ2n) is 6.03. The number of nitrogens with zero attached hydrogens (tertiary/aromatic N) is 1. The van der Waals surface area contributed by atoms with E-state index in [9.17, 15) is 13.2 Å². The van der Waals surface area contributed by atoms with Crippen LogP contribution in [-0.2, 0) is 10.0 Å². The van der Waals surface area contributed by atoms with Gasteiger partial charge in [0.15, 0.2) is 0 Å². The summed E-state index contributed by atoms with van der Waals surface area (Å²) in [5.74, 6) is -0.552. The summed E-state index contributed by atoms with van der Waals surface area (Å²) in [5, 5.41) is 4.93. The number of anilines is 2. The van der Waals surface area contributed by atoms with Gasteiger partial charge in [0, 0.05) is 22.8 Å². The van der Waals surface area contributed by atoms with Gasteiger partial charge in [0.1, 0.15) is 9.77 Å². The lowest BCUT2D eigenvalue weighted by Crippen LogP contribution is -2.28. The molecule has 0 atom stereocenters. The van der Waals surface area contributed by atoms with Gasteiger partial charge in [-0.2, -0.15) is 0 Å². The highest BCUT2D eigenvalue weighted by molar-refractivity contribution is 7.93. The average molecular weight is 455 g/mol. The third-order valence-electron chi connectivity index (χ3n) is 3.99. The molecule has 0 bridgehead atoms. The molecule has 1 aromatic heterocycles.